The van der Waals surface area contributed by atoms with Crippen LogP contribution in [0.15, 0.2) is 38.8 Å². The minimum absolute atomic E-state index is 0.0126. The van der Waals surface area contributed by atoms with Crippen LogP contribution in [0.4, 0.5) is 18.0 Å². The fraction of sp³-hybridized carbons (Fsp3) is 0.375. The minimum Gasteiger partial charge on any atom is -0.465 e. The Labute approximate surface area is 235 Å². The molecule has 0 aliphatic carbocycles. The molecule has 0 spiro atoms. The van der Waals surface area contributed by atoms with E-state index in [9.17, 15) is 36.0 Å². The van der Waals surface area contributed by atoms with Crippen molar-refractivity contribution in [1.29, 1.82) is 0 Å². The second-order valence-electron chi connectivity index (χ2n) is 9.28. The zero-order chi connectivity index (χ0) is 29.6. The SMILES string of the molecule is CCS(=O)(=O)c1ccc(Cl)cc1Cn1c(=O)[nH]c2c(Cl)c(CN3CC[C@H](NC(=O)O)C3)c(C(F)(F)F)cc2c1=O. The molecule has 0 unspecified atom stereocenters. The number of aromatic nitrogens is 2. The number of hydrogen-bond acceptors (Lipinski definition) is 6. The van der Waals surface area contributed by atoms with Gasteiger partial charge in [-0.25, -0.2) is 18.0 Å². The summed E-state index contributed by atoms with van der Waals surface area (Å²) in [6, 6.07) is 3.95. The van der Waals surface area contributed by atoms with E-state index in [0.29, 0.717) is 17.1 Å². The molecule has 0 radical (unpaired) electrons. The highest BCUT2D eigenvalue weighted by Gasteiger charge is 2.37. The van der Waals surface area contributed by atoms with Gasteiger partial charge in [-0.1, -0.05) is 30.1 Å². The molecule has 1 amide bonds. The average Bonchev–Trinajstić information content (AvgIpc) is 3.29. The molecular weight excluding hydrogens is 600 g/mol. The van der Waals surface area contributed by atoms with Gasteiger partial charge >= 0.3 is 18.0 Å². The van der Waals surface area contributed by atoms with Gasteiger partial charge < -0.3 is 15.4 Å². The first-order valence-electron chi connectivity index (χ1n) is 11.9. The summed E-state index contributed by atoms with van der Waals surface area (Å²) in [7, 11) is -3.79. The molecule has 1 saturated heterocycles. The van der Waals surface area contributed by atoms with E-state index in [-0.39, 0.29) is 51.9 Å². The lowest BCUT2D eigenvalue weighted by Gasteiger charge is -2.22. The van der Waals surface area contributed by atoms with Crippen molar-refractivity contribution in [2.24, 2.45) is 0 Å². The van der Waals surface area contributed by atoms with Crippen LogP contribution in [0.25, 0.3) is 10.9 Å². The molecule has 0 bridgehead atoms. The number of amides is 1. The number of benzene rings is 2. The van der Waals surface area contributed by atoms with Crippen molar-refractivity contribution in [2.75, 3.05) is 18.8 Å². The Bertz CT molecular complexity index is 1720. The normalized spacial score (nSPS) is 16.5. The summed E-state index contributed by atoms with van der Waals surface area (Å²) < 4.78 is 68.2. The number of halogens is 5. The number of likely N-dealkylation sites (tertiary alicyclic amines) is 1. The lowest BCUT2D eigenvalue weighted by molar-refractivity contribution is -0.138. The van der Waals surface area contributed by atoms with Gasteiger partial charge in [0.25, 0.3) is 5.56 Å². The van der Waals surface area contributed by atoms with E-state index >= 15 is 0 Å². The number of carboxylic acid groups (broad SMARTS) is 1. The van der Waals surface area contributed by atoms with E-state index in [2.05, 4.69) is 10.3 Å². The molecule has 16 heteroatoms. The van der Waals surface area contributed by atoms with Crippen LogP contribution in [-0.4, -0.2) is 59.0 Å². The fourth-order valence-electron chi connectivity index (χ4n) is 4.74. The third kappa shape index (κ3) is 5.99. The number of alkyl halides is 3. The Kier molecular flexibility index (Phi) is 8.28. The molecular formula is C24H23Cl2F3N4O6S. The van der Waals surface area contributed by atoms with Crippen LogP contribution in [0.3, 0.4) is 0 Å². The Morgan fingerprint density at radius 2 is 1.90 bits per heavy atom. The first-order chi connectivity index (χ1) is 18.6. The van der Waals surface area contributed by atoms with Crippen molar-refractivity contribution in [3.05, 3.63) is 71.8 Å². The predicted molar refractivity (Wildman–Crippen MR) is 142 cm³/mol. The second kappa shape index (κ2) is 11.1. The number of carbonyl (C=O) groups is 1. The van der Waals surface area contributed by atoms with Crippen molar-refractivity contribution in [3.8, 4) is 0 Å². The lowest BCUT2D eigenvalue weighted by Crippen LogP contribution is -2.37. The van der Waals surface area contributed by atoms with Crippen molar-refractivity contribution in [3.63, 3.8) is 0 Å². The summed E-state index contributed by atoms with van der Waals surface area (Å²) in [6.07, 6.45) is -5.80. The highest BCUT2D eigenvalue weighted by atomic mass is 35.5. The van der Waals surface area contributed by atoms with Crippen LogP contribution >= 0.6 is 23.2 Å². The van der Waals surface area contributed by atoms with Crippen LogP contribution < -0.4 is 16.6 Å². The topological polar surface area (TPSA) is 142 Å². The maximum Gasteiger partial charge on any atom is 0.416 e. The molecule has 3 N–H and O–H groups in total. The van der Waals surface area contributed by atoms with E-state index in [0.717, 1.165) is 0 Å². The lowest BCUT2D eigenvalue weighted by atomic mass is 10.0. The molecule has 1 aliphatic heterocycles. The van der Waals surface area contributed by atoms with Crippen LogP contribution in [0, 0.1) is 0 Å². The summed E-state index contributed by atoms with van der Waals surface area (Å²) >= 11 is 12.4. The summed E-state index contributed by atoms with van der Waals surface area (Å²) in [5.41, 5.74) is -3.98. The quantitative estimate of drug-likeness (QED) is 0.365. The Hall–Kier alpha value is -3.07. The third-order valence-corrected chi connectivity index (χ3v) is 9.15. The Balaban J connectivity index is 1.84. The van der Waals surface area contributed by atoms with E-state index in [1.54, 1.807) is 4.90 Å². The van der Waals surface area contributed by atoms with Gasteiger partial charge in [0.15, 0.2) is 9.84 Å². The Morgan fingerprint density at radius 1 is 1.20 bits per heavy atom. The molecule has 1 aliphatic rings. The van der Waals surface area contributed by atoms with Gasteiger partial charge in [-0.2, -0.15) is 13.2 Å². The van der Waals surface area contributed by atoms with Gasteiger partial charge in [0, 0.05) is 30.7 Å². The first-order valence-corrected chi connectivity index (χ1v) is 14.3. The predicted octanol–water partition coefficient (Wildman–Crippen LogP) is 3.70. The van der Waals surface area contributed by atoms with Gasteiger partial charge in [0.05, 0.1) is 38.7 Å². The van der Waals surface area contributed by atoms with Crippen molar-refractivity contribution < 1.29 is 31.5 Å². The average molecular weight is 623 g/mol. The maximum absolute atomic E-state index is 14.2. The number of rotatable bonds is 7. The van der Waals surface area contributed by atoms with Gasteiger partial charge in [-0.3, -0.25) is 14.3 Å². The summed E-state index contributed by atoms with van der Waals surface area (Å²) in [6.45, 7) is 0.945. The van der Waals surface area contributed by atoms with E-state index in [4.69, 9.17) is 28.3 Å². The molecule has 40 heavy (non-hydrogen) atoms. The van der Waals surface area contributed by atoms with Crippen LogP contribution in [0.5, 0.6) is 0 Å². The molecule has 0 saturated carbocycles. The number of sulfone groups is 1. The first kappa shape index (κ1) is 29.9. The monoisotopic (exact) mass is 622 g/mol. The molecule has 2 heterocycles. The van der Waals surface area contributed by atoms with Crippen molar-refractivity contribution in [1.82, 2.24) is 19.8 Å². The number of hydrogen-bond donors (Lipinski definition) is 3. The fourth-order valence-corrected chi connectivity index (χ4v) is 6.35. The maximum atomic E-state index is 14.2. The van der Waals surface area contributed by atoms with Gasteiger partial charge in [0.1, 0.15) is 0 Å². The molecule has 1 fully saturated rings. The molecule has 1 atom stereocenters. The summed E-state index contributed by atoms with van der Waals surface area (Å²) in [5.74, 6) is -0.276. The Morgan fingerprint density at radius 3 is 2.52 bits per heavy atom. The number of fused-ring (bicyclic) bond motifs is 1. The smallest absolute Gasteiger partial charge is 0.416 e. The van der Waals surface area contributed by atoms with Gasteiger partial charge in [-0.15, -0.1) is 0 Å². The zero-order valence-corrected chi connectivity index (χ0v) is 23.1. The van der Waals surface area contributed by atoms with Crippen molar-refractivity contribution in [2.45, 2.75) is 43.5 Å². The molecule has 4 rings (SSSR count). The highest BCUT2D eigenvalue weighted by molar-refractivity contribution is 7.91. The standard InChI is InChI=1S/C24H23Cl2F3N4O6S/c1-2-40(38,39)18-4-3-13(25)7-12(18)9-33-21(34)15-8-17(24(27,28)29)16(19(26)20(15)31-22(33)35)11-32-6-5-14(10-32)30-23(36)37/h3-4,7-8,14,30H,2,5-6,9-11H2,1H3,(H,31,35)(H,36,37)/t14-/m0/s1. The van der Waals surface area contributed by atoms with Crippen LogP contribution in [0.1, 0.15) is 30.0 Å². The molecule has 216 valence electrons. The van der Waals surface area contributed by atoms with Gasteiger partial charge in [0.2, 0.25) is 0 Å². The minimum atomic E-state index is -4.92. The third-order valence-electron chi connectivity index (χ3n) is 6.67. The second-order valence-corrected chi connectivity index (χ2v) is 12.3. The molecule has 1 aromatic heterocycles. The van der Waals surface area contributed by atoms with Crippen molar-refractivity contribution >= 4 is 50.0 Å². The summed E-state index contributed by atoms with van der Waals surface area (Å²) in [5, 5.41) is 10.3. The largest absolute Gasteiger partial charge is 0.465 e. The summed E-state index contributed by atoms with van der Waals surface area (Å²) in [4.78, 5) is 41.0. The number of nitrogens with zero attached hydrogens (tertiary/aromatic N) is 2. The van der Waals surface area contributed by atoms with E-state index in [1.807, 2.05) is 0 Å². The van der Waals surface area contributed by atoms with E-state index in [1.165, 1.54) is 25.1 Å². The van der Waals surface area contributed by atoms with Crippen LogP contribution in [-0.2, 0) is 29.1 Å². The molecule has 2 aromatic carbocycles. The van der Waals surface area contributed by atoms with Crippen LogP contribution in [0.2, 0.25) is 10.0 Å². The zero-order valence-electron chi connectivity index (χ0n) is 20.8. The number of nitrogens with one attached hydrogen (secondary N) is 2. The molecule has 3 aromatic rings. The number of aromatic amines is 1. The van der Waals surface area contributed by atoms with Gasteiger partial charge in [-0.05, 0) is 41.8 Å². The highest BCUT2D eigenvalue weighted by Crippen LogP contribution is 2.39. The van der Waals surface area contributed by atoms with E-state index < -0.39 is 61.9 Å². The molecule has 10 nitrogen and oxygen atoms in total. The number of H-pyrrole nitrogens is 1.